The molecule has 0 aromatic rings. The van der Waals surface area contributed by atoms with Gasteiger partial charge in [-0.3, -0.25) is 18.6 Å². The fourth-order valence-corrected chi connectivity index (χ4v) is 8.02. The number of allylic oxidation sites excluding steroid dienone is 15. The van der Waals surface area contributed by atoms with Gasteiger partial charge in [0.1, 0.15) is 19.3 Å². The van der Waals surface area contributed by atoms with E-state index in [4.69, 9.17) is 13.8 Å². The van der Waals surface area contributed by atoms with Crippen molar-refractivity contribution in [1.82, 2.24) is 5.32 Å². The van der Waals surface area contributed by atoms with E-state index in [2.05, 4.69) is 105 Å². The van der Waals surface area contributed by atoms with E-state index in [1.54, 1.807) is 0 Å². The molecule has 0 aromatic heterocycles. The maximum absolute atomic E-state index is 13.5. The van der Waals surface area contributed by atoms with Crippen LogP contribution in [0.3, 0.4) is 0 Å². The first-order valence-electron chi connectivity index (χ1n) is 27.6. The zero-order valence-corrected chi connectivity index (χ0v) is 45.9. The van der Waals surface area contributed by atoms with Crippen molar-refractivity contribution >= 4 is 19.7 Å². The number of amides is 1. The smallest absolute Gasteiger partial charge is 0.456 e. The molecule has 9 nitrogen and oxygen atoms in total. The molecule has 396 valence electrons. The first kappa shape index (κ1) is 65.9. The molecule has 0 aliphatic carbocycles. The van der Waals surface area contributed by atoms with Crippen molar-refractivity contribution in [2.24, 2.45) is 0 Å². The number of hydrogen-bond donors (Lipinski definition) is 2. The fourth-order valence-electron chi connectivity index (χ4n) is 7.28. The highest BCUT2D eigenvalue weighted by atomic mass is 31.2. The van der Waals surface area contributed by atoms with E-state index >= 15 is 0 Å². The second-order valence-electron chi connectivity index (χ2n) is 19.4. The number of likely N-dealkylation sites (N-methyl/N-ethyl adjacent to an activating group) is 1. The molecule has 10 heteroatoms. The van der Waals surface area contributed by atoms with Crippen molar-refractivity contribution in [3.05, 3.63) is 97.2 Å². The summed E-state index contributed by atoms with van der Waals surface area (Å²) in [7, 11) is 1.44. The lowest BCUT2D eigenvalue weighted by Crippen LogP contribution is -2.47. The van der Waals surface area contributed by atoms with Crippen LogP contribution in [0.1, 0.15) is 213 Å². The largest absolute Gasteiger partial charge is 0.472 e. The van der Waals surface area contributed by atoms with Crippen LogP contribution in [0.2, 0.25) is 0 Å². The Kier molecular flexibility index (Phi) is 46.4. The van der Waals surface area contributed by atoms with Crippen molar-refractivity contribution < 1.29 is 37.3 Å². The molecule has 0 bridgehead atoms. The fraction of sp³-hybridized carbons (Fsp3) is 0.695. The zero-order chi connectivity index (χ0) is 50.8. The number of nitrogens with zero attached hydrogens (tertiary/aromatic N) is 1. The molecular formula is C59H104N2O7P+. The van der Waals surface area contributed by atoms with E-state index < -0.39 is 20.0 Å². The summed E-state index contributed by atoms with van der Waals surface area (Å²) in [5.74, 6) is -0.602. The molecule has 0 aromatic carbocycles. The Bertz CT molecular complexity index is 1510. The molecule has 0 radical (unpaired) electrons. The Morgan fingerprint density at radius 3 is 1.57 bits per heavy atom. The van der Waals surface area contributed by atoms with E-state index in [0.29, 0.717) is 30.3 Å². The molecule has 0 fully saturated rings. The highest BCUT2D eigenvalue weighted by molar-refractivity contribution is 7.47. The summed E-state index contributed by atoms with van der Waals surface area (Å²) in [6.07, 6.45) is 64.1. The second kappa shape index (κ2) is 48.6. The SMILES string of the molecule is CC/C=C/C=C/C=C\CCCCCCCC(=O)NC(COP(=O)(O)OCC[N+](C)(C)C)C(/C=C/CCCCCCCCCCCCC)OC(=O)CCC/C=C\C/C=C\C/C=C\C/C=C\CCCCC. The number of phosphoric acid groups is 1. The molecule has 3 atom stereocenters. The van der Waals surface area contributed by atoms with E-state index in [1.165, 1.54) is 83.5 Å². The lowest BCUT2D eigenvalue weighted by Gasteiger charge is -2.27. The Morgan fingerprint density at radius 1 is 0.536 bits per heavy atom. The number of esters is 1. The maximum Gasteiger partial charge on any atom is 0.472 e. The van der Waals surface area contributed by atoms with Crippen LogP contribution in [0, 0.1) is 0 Å². The van der Waals surface area contributed by atoms with Crippen LogP contribution in [0.4, 0.5) is 0 Å². The van der Waals surface area contributed by atoms with Crippen molar-refractivity contribution in [2.45, 2.75) is 226 Å². The van der Waals surface area contributed by atoms with Crippen molar-refractivity contribution in [3.63, 3.8) is 0 Å². The summed E-state index contributed by atoms with van der Waals surface area (Å²) in [5.41, 5.74) is 0. The number of ether oxygens (including phenoxy) is 1. The highest BCUT2D eigenvalue weighted by Gasteiger charge is 2.30. The number of carbonyl (C=O) groups is 2. The van der Waals surface area contributed by atoms with Gasteiger partial charge in [-0.2, -0.15) is 0 Å². The van der Waals surface area contributed by atoms with Crippen molar-refractivity contribution in [1.29, 1.82) is 0 Å². The number of rotatable bonds is 48. The molecule has 69 heavy (non-hydrogen) atoms. The van der Waals surface area contributed by atoms with Gasteiger partial charge < -0.3 is 19.4 Å². The second-order valence-corrected chi connectivity index (χ2v) is 20.9. The number of unbranched alkanes of at least 4 members (excludes halogenated alkanes) is 20. The van der Waals surface area contributed by atoms with Gasteiger partial charge in [0.05, 0.1) is 33.8 Å². The maximum atomic E-state index is 13.5. The van der Waals surface area contributed by atoms with Gasteiger partial charge in [-0.15, -0.1) is 0 Å². The van der Waals surface area contributed by atoms with Crippen LogP contribution in [-0.2, 0) is 27.9 Å². The van der Waals surface area contributed by atoms with Gasteiger partial charge in [0.15, 0.2) is 0 Å². The van der Waals surface area contributed by atoms with Gasteiger partial charge >= 0.3 is 13.8 Å². The standard InChI is InChI=1S/C59H103N2O7P/c1-7-10-13-16-19-22-25-28-29-30-31-34-37-40-43-46-49-52-59(63)68-57(50-47-44-41-38-35-32-26-23-20-17-14-11-8-2)56(55-67-69(64,65)66-54-53-61(4,5)6)60-58(62)51-48-45-42-39-36-33-27-24-21-18-15-12-9-3/h12,15,18-19,21-22,24,27-29,31,34,40,43,47,50,56-57H,7-11,13-14,16-17,20,23,25-26,30,32-33,35-39,41-42,44-46,48-49,51-55H2,1-6H3,(H-,60,62,64,65)/p+1/b15-12+,21-18+,22-19-,27-24-,29-28-,34-31-,43-40-,50-47+. The third-order valence-corrected chi connectivity index (χ3v) is 12.6. The van der Waals surface area contributed by atoms with Crippen LogP contribution in [0.25, 0.3) is 0 Å². The zero-order valence-electron chi connectivity index (χ0n) is 45.0. The number of nitrogens with one attached hydrogen (secondary N) is 1. The molecule has 0 spiro atoms. The molecule has 0 saturated carbocycles. The minimum atomic E-state index is -4.46. The molecule has 1 amide bonds. The van der Waals surface area contributed by atoms with Crippen LogP contribution in [0.15, 0.2) is 97.2 Å². The molecular weight excluding hydrogens is 880 g/mol. The van der Waals surface area contributed by atoms with E-state index in [0.717, 1.165) is 83.5 Å². The topological polar surface area (TPSA) is 111 Å². The van der Waals surface area contributed by atoms with Crippen LogP contribution < -0.4 is 5.32 Å². The molecule has 0 aliphatic heterocycles. The lowest BCUT2D eigenvalue weighted by atomic mass is 10.0. The van der Waals surface area contributed by atoms with E-state index in [-0.39, 0.29) is 31.5 Å². The van der Waals surface area contributed by atoms with Gasteiger partial charge in [-0.1, -0.05) is 208 Å². The highest BCUT2D eigenvalue weighted by Crippen LogP contribution is 2.43. The van der Waals surface area contributed by atoms with E-state index in [1.807, 2.05) is 39.4 Å². The summed E-state index contributed by atoms with van der Waals surface area (Å²) >= 11 is 0. The Balaban J connectivity index is 5.54. The minimum Gasteiger partial charge on any atom is -0.456 e. The Labute approximate surface area is 424 Å². The monoisotopic (exact) mass is 984 g/mol. The summed E-state index contributed by atoms with van der Waals surface area (Å²) in [6, 6.07) is -0.885. The molecule has 0 rings (SSSR count). The number of carbonyl (C=O) groups excluding carboxylic acids is 2. The normalized spacial score (nSPS) is 14.6. The van der Waals surface area contributed by atoms with Gasteiger partial charge in [0.25, 0.3) is 0 Å². The van der Waals surface area contributed by atoms with Crippen molar-refractivity contribution in [3.8, 4) is 0 Å². The predicted molar refractivity (Wildman–Crippen MR) is 295 cm³/mol. The van der Waals surface area contributed by atoms with Gasteiger partial charge in [-0.25, -0.2) is 4.57 Å². The van der Waals surface area contributed by atoms with Crippen LogP contribution in [-0.4, -0.2) is 74.3 Å². The first-order chi connectivity index (χ1) is 33.4. The summed E-state index contributed by atoms with van der Waals surface area (Å²) in [4.78, 5) is 37.5. The molecule has 0 heterocycles. The van der Waals surface area contributed by atoms with Crippen LogP contribution >= 0.6 is 7.82 Å². The van der Waals surface area contributed by atoms with Crippen LogP contribution in [0.5, 0.6) is 0 Å². The third kappa shape index (κ3) is 49.7. The third-order valence-electron chi connectivity index (χ3n) is 11.6. The number of quaternary nitrogens is 1. The summed E-state index contributed by atoms with van der Waals surface area (Å²) in [5, 5.41) is 3.01. The van der Waals surface area contributed by atoms with Gasteiger partial charge in [0.2, 0.25) is 5.91 Å². The summed E-state index contributed by atoms with van der Waals surface area (Å²) < 4.78 is 30.5. The van der Waals surface area contributed by atoms with Gasteiger partial charge in [0, 0.05) is 12.8 Å². The minimum absolute atomic E-state index is 0.0228. The lowest BCUT2D eigenvalue weighted by molar-refractivity contribution is -0.870. The van der Waals surface area contributed by atoms with Gasteiger partial charge in [-0.05, 0) is 89.5 Å². The molecule has 2 N–H and O–H groups in total. The number of hydrogen-bond acceptors (Lipinski definition) is 6. The quantitative estimate of drug-likeness (QED) is 0.0156. The number of phosphoric ester groups is 1. The molecule has 0 aliphatic rings. The summed E-state index contributed by atoms with van der Waals surface area (Å²) in [6.45, 7) is 6.77. The van der Waals surface area contributed by atoms with Crippen molar-refractivity contribution in [2.75, 3.05) is 40.9 Å². The Hall–Kier alpha value is -3.07. The average molecular weight is 984 g/mol. The average Bonchev–Trinajstić information content (AvgIpc) is 3.31. The van der Waals surface area contributed by atoms with E-state index in [9.17, 15) is 19.0 Å². The molecule has 0 saturated heterocycles. The molecule has 3 unspecified atom stereocenters. The first-order valence-corrected chi connectivity index (χ1v) is 29.1. The predicted octanol–water partition coefficient (Wildman–Crippen LogP) is 16.4. The Morgan fingerprint density at radius 2 is 1.00 bits per heavy atom.